The fourth-order valence-corrected chi connectivity index (χ4v) is 4.49. The monoisotopic (exact) mass is 486 g/mol. The molecule has 1 aliphatic heterocycles. The number of ether oxygens (including phenoxy) is 1. The molecule has 0 radical (unpaired) electrons. The van der Waals surface area contributed by atoms with Gasteiger partial charge in [0.25, 0.3) is 0 Å². The Bertz CT molecular complexity index is 1170. The van der Waals surface area contributed by atoms with Gasteiger partial charge in [0.1, 0.15) is 6.04 Å². The van der Waals surface area contributed by atoms with Crippen LogP contribution in [-0.4, -0.2) is 41.6 Å². The van der Waals surface area contributed by atoms with Crippen LogP contribution in [0.3, 0.4) is 0 Å². The summed E-state index contributed by atoms with van der Waals surface area (Å²) < 4.78 is 5.90. The Morgan fingerprint density at radius 3 is 2.31 bits per heavy atom. The average molecular weight is 487 g/mol. The molecular weight excluding hydrogens is 456 g/mol. The van der Waals surface area contributed by atoms with Gasteiger partial charge in [-0.3, -0.25) is 24.6 Å². The summed E-state index contributed by atoms with van der Waals surface area (Å²) in [6.07, 6.45) is 1.33. The number of benzene rings is 3. The summed E-state index contributed by atoms with van der Waals surface area (Å²) in [5.74, 6) is -1.39. The van der Waals surface area contributed by atoms with Gasteiger partial charge in [0.15, 0.2) is 12.5 Å². The van der Waals surface area contributed by atoms with E-state index in [1.165, 1.54) is 4.90 Å². The number of nitrogens with zero attached hydrogens (tertiary/aromatic N) is 1. The van der Waals surface area contributed by atoms with Gasteiger partial charge in [0.2, 0.25) is 5.91 Å². The number of hydrogen-bond donors (Lipinski definition) is 2. The number of para-hydroxylation sites is 1. The molecule has 0 saturated carbocycles. The van der Waals surface area contributed by atoms with E-state index >= 15 is 0 Å². The molecule has 1 heterocycles. The van der Waals surface area contributed by atoms with Crippen molar-refractivity contribution in [3.63, 3.8) is 0 Å². The van der Waals surface area contributed by atoms with Gasteiger partial charge in [-0.15, -0.1) is 0 Å². The first-order chi connectivity index (χ1) is 17.6. The molecule has 3 aromatic carbocycles. The summed E-state index contributed by atoms with van der Waals surface area (Å²) in [5.41, 5.74) is 3.41. The summed E-state index contributed by atoms with van der Waals surface area (Å²) in [7, 11) is 0. The van der Waals surface area contributed by atoms with Crippen LogP contribution in [0.1, 0.15) is 29.5 Å². The van der Waals surface area contributed by atoms with Gasteiger partial charge in [-0.25, -0.2) is 0 Å². The standard InChI is InChI=1S/C29H30N2O5/c32-19-27(36-20-22-11-5-2-6-12-22)31-26-14-8-7-13-23(26)16-18-24(28(31)33)30-25(29(34)35)17-15-21-9-3-1-4-10-21/h1-14,19,24-25,27,30H,15-18,20H2,(H,34,35). The Morgan fingerprint density at radius 1 is 1.00 bits per heavy atom. The SMILES string of the molecule is O=CC(OCc1ccccc1)N1C(=O)C(NC(CCc2ccccc2)C(=O)O)CCc2ccccc21. The predicted octanol–water partition coefficient (Wildman–Crippen LogP) is 3.75. The highest BCUT2D eigenvalue weighted by Crippen LogP contribution is 2.29. The Hall–Kier alpha value is -3.81. The van der Waals surface area contributed by atoms with E-state index in [4.69, 9.17) is 4.74 Å². The number of rotatable bonds is 11. The number of carbonyl (C=O) groups is 3. The number of hydrogen-bond acceptors (Lipinski definition) is 5. The number of aryl methyl sites for hydroxylation is 2. The molecule has 3 unspecified atom stereocenters. The summed E-state index contributed by atoms with van der Waals surface area (Å²) in [6.45, 7) is 0.156. The van der Waals surface area contributed by atoms with Crippen molar-refractivity contribution in [3.8, 4) is 0 Å². The van der Waals surface area contributed by atoms with Crippen molar-refractivity contribution in [3.05, 3.63) is 102 Å². The molecule has 0 bridgehead atoms. The lowest BCUT2D eigenvalue weighted by Crippen LogP contribution is -2.55. The Balaban J connectivity index is 1.54. The van der Waals surface area contributed by atoms with E-state index in [-0.39, 0.29) is 12.5 Å². The zero-order valence-corrected chi connectivity index (χ0v) is 20.0. The molecule has 36 heavy (non-hydrogen) atoms. The zero-order valence-electron chi connectivity index (χ0n) is 20.0. The number of aldehydes is 1. The topological polar surface area (TPSA) is 95.9 Å². The normalized spacial score (nSPS) is 17.1. The number of anilines is 1. The third-order valence-corrected chi connectivity index (χ3v) is 6.39. The van der Waals surface area contributed by atoms with Crippen LogP contribution in [-0.2, 0) is 38.6 Å². The van der Waals surface area contributed by atoms with Crippen molar-refractivity contribution >= 4 is 23.9 Å². The van der Waals surface area contributed by atoms with E-state index in [0.717, 1.165) is 16.7 Å². The molecule has 3 atom stereocenters. The van der Waals surface area contributed by atoms with Gasteiger partial charge in [0.05, 0.1) is 12.6 Å². The van der Waals surface area contributed by atoms with E-state index in [0.29, 0.717) is 37.7 Å². The van der Waals surface area contributed by atoms with E-state index in [2.05, 4.69) is 5.32 Å². The fourth-order valence-electron chi connectivity index (χ4n) is 4.49. The first-order valence-electron chi connectivity index (χ1n) is 12.1. The van der Waals surface area contributed by atoms with Crippen molar-refractivity contribution in [2.45, 2.75) is 50.6 Å². The molecule has 2 N–H and O–H groups in total. The molecule has 7 heteroatoms. The minimum atomic E-state index is -1.14. The van der Waals surface area contributed by atoms with Gasteiger partial charge in [-0.1, -0.05) is 78.9 Å². The van der Waals surface area contributed by atoms with E-state index in [1.54, 1.807) is 6.07 Å². The van der Waals surface area contributed by atoms with E-state index in [9.17, 15) is 19.5 Å². The first kappa shape index (κ1) is 25.3. The van der Waals surface area contributed by atoms with Crippen molar-refractivity contribution in [2.75, 3.05) is 4.90 Å². The number of aliphatic carboxylic acids is 1. The predicted molar refractivity (Wildman–Crippen MR) is 136 cm³/mol. The molecule has 1 amide bonds. The number of fused-ring (bicyclic) bond motifs is 1. The smallest absolute Gasteiger partial charge is 0.320 e. The summed E-state index contributed by atoms with van der Waals surface area (Å²) in [6, 6.07) is 24.8. The van der Waals surface area contributed by atoms with E-state index < -0.39 is 24.3 Å². The van der Waals surface area contributed by atoms with Crippen LogP contribution in [0.4, 0.5) is 5.69 Å². The van der Waals surface area contributed by atoms with Crippen LogP contribution in [0, 0.1) is 0 Å². The molecular formula is C29H30N2O5. The van der Waals surface area contributed by atoms with Gasteiger partial charge >= 0.3 is 5.97 Å². The molecule has 3 aromatic rings. The van der Waals surface area contributed by atoms with Crippen LogP contribution in [0.25, 0.3) is 0 Å². The van der Waals surface area contributed by atoms with Gasteiger partial charge in [0, 0.05) is 5.69 Å². The van der Waals surface area contributed by atoms with Crippen molar-refractivity contribution in [1.29, 1.82) is 0 Å². The maximum Gasteiger partial charge on any atom is 0.320 e. The fraction of sp³-hybridized carbons (Fsp3) is 0.276. The van der Waals surface area contributed by atoms with Gasteiger partial charge in [-0.05, 0) is 48.4 Å². The average Bonchev–Trinajstić information content (AvgIpc) is 3.04. The van der Waals surface area contributed by atoms with Gasteiger partial charge < -0.3 is 9.84 Å². The Morgan fingerprint density at radius 2 is 1.64 bits per heavy atom. The van der Waals surface area contributed by atoms with Crippen LogP contribution >= 0.6 is 0 Å². The van der Waals surface area contributed by atoms with Gasteiger partial charge in [-0.2, -0.15) is 0 Å². The summed E-state index contributed by atoms with van der Waals surface area (Å²) >= 11 is 0. The highest BCUT2D eigenvalue weighted by Gasteiger charge is 2.37. The van der Waals surface area contributed by atoms with Crippen LogP contribution in [0.5, 0.6) is 0 Å². The largest absolute Gasteiger partial charge is 0.480 e. The molecule has 1 aliphatic rings. The quantitative estimate of drug-likeness (QED) is 0.401. The zero-order chi connectivity index (χ0) is 25.3. The van der Waals surface area contributed by atoms with Crippen molar-refractivity contribution < 1.29 is 24.2 Å². The maximum absolute atomic E-state index is 13.8. The number of nitrogens with one attached hydrogen (secondary N) is 1. The molecule has 0 aromatic heterocycles. The molecule has 186 valence electrons. The van der Waals surface area contributed by atoms with Crippen molar-refractivity contribution in [2.24, 2.45) is 0 Å². The number of carbonyl (C=O) groups excluding carboxylic acids is 2. The second-order valence-electron chi connectivity index (χ2n) is 8.83. The maximum atomic E-state index is 13.8. The minimum Gasteiger partial charge on any atom is -0.480 e. The number of amides is 1. The second-order valence-corrected chi connectivity index (χ2v) is 8.83. The lowest BCUT2D eigenvalue weighted by atomic mass is 10.0. The lowest BCUT2D eigenvalue weighted by Gasteiger charge is -2.31. The molecule has 7 nitrogen and oxygen atoms in total. The highest BCUT2D eigenvalue weighted by atomic mass is 16.5. The van der Waals surface area contributed by atoms with Crippen molar-refractivity contribution in [1.82, 2.24) is 5.32 Å². The number of carboxylic acid groups (broad SMARTS) is 1. The Kier molecular flexibility index (Phi) is 8.60. The molecule has 0 spiro atoms. The molecule has 0 saturated heterocycles. The van der Waals surface area contributed by atoms with Crippen LogP contribution < -0.4 is 10.2 Å². The molecule has 0 fully saturated rings. The summed E-state index contributed by atoms with van der Waals surface area (Å²) in [4.78, 5) is 39.4. The third kappa shape index (κ3) is 6.24. The Labute approximate surface area is 210 Å². The lowest BCUT2D eigenvalue weighted by molar-refractivity contribution is -0.140. The molecule has 4 rings (SSSR count). The molecule has 0 aliphatic carbocycles. The highest BCUT2D eigenvalue weighted by molar-refractivity contribution is 6.01. The summed E-state index contributed by atoms with van der Waals surface area (Å²) in [5, 5.41) is 12.9. The second kappa shape index (κ2) is 12.2. The first-order valence-corrected chi connectivity index (χ1v) is 12.1. The third-order valence-electron chi connectivity index (χ3n) is 6.39. The van der Waals surface area contributed by atoms with Crippen LogP contribution in [0.15, 0.2) is 84.9 Å². The van der Waals surface area contributed by atoms with E-state index in [1.807, 2.05) is 78.9 Å². The number of carboxylic acids is 1. The minimum absolute atomic E-state index is 0.156. The van der Waals surface area contributed by atoms with Crippen LogP contribution in [0.2, 0.25) is 0 Å².